The molecule has 0 aliphatic carbocycles. The summed E-state index contributed by atoms with van der Waals surface area (Å²) in [5.74, 6) is 1.61. The molecule has 0 rings (SSSR count). The highest BCUT2D eigenvalue weighted by Crippen LogP contribution is 1.82. The van der Waals surface area contributed by atoms with Crippen molar-refractivity contribution in [1.29, 1.82) is 0 Å². The monoisotopic (exact) mass is 167 g/mol. The van der Waals surface area contributed by atoms with Crippen molar-refractivity contribution < 1.29 is 9.90 Å². The zero-order chi connectivity index (χ0) is 9.23. The molecule has 0 bridgehead atoms. The van der Waals surface area contributed by atoms with Gasteiger partial charge in [0.05, 0.1) is 0 Å². The van der Waals surface area contributed by atoms with Gasteiger partial charge >= 0.3 is 5.97 Å². The van der Waals surface area contributed by atoms with Crippen molar-refractivity contribution in [3.8, 4) is 12.3 Å². The maximum atomic E-state index is 9.99. The molecular formula is C9H13NO2. The van der Waals surface area contributed by atoms with E-state index in [9.17, 15) is 4.79 Å². The van der Waals surface area contributed by atoms with E-state index in [-0.39, 0.29) is 0 Å². The number of hydrogen-bond donors (Lipinski definition) is 2. The van der Waals surface area contributed by atoms with Gasteiger partial charge in [-0.15, -0.1) is 12.3 Å². The second kappa shape index (κ2) is 7.83. The van der Waals surface area contributed by atoms with Gasteiger partial charge in [-0.3, -0.25) is 0 Å². The van der Waals surface area contributed by atoms with Crippen LogP contribution in [0.25, 0.3) is 0 Å². The first-order chi connectivity index (χ1) is 5.77. The molecule has 0 aliphatic rings. The van der Waals surface area contributed by atoms with Gasteiger partial charge in [0.2, 0.25) is 0 Å². The van der Waals surface area contributed by atoms with Crippen LogP contribution in [0.15, 0.2) is 12.2 Å². The summed E-state index contributed by atoms with van der Waals surface area (Å²) >= 11 is 0. The van der Waals surface area contributed by atoms with Crippen LogP contribution in [0.3, 0.4) is 0 Å². The first-order valence-electron chi connectivity index (χ1n) is 3.81. The topological polar surface area (TPSA) is 49.3 Å². The second-order valence-electron chi connectivity index (χ2n) is 2.25. The van der Waals surface area contributed by atoms with E-state index in [4.69, 9.17) is 11.5 Å². The van der Waals surface area contributed by atoms with E-state index < -0.39 is 5.97 Å². The molecule has 0 saturated heterocycles. The number of hydrogen-bond acceptors (Lipinski definition) is 2. The van der Waals surface area contributed by atoms with Gasteiger partial charge in [0.25, 0.3) is 0 Å². The number of carboxylic acid groups (broad SMARTS) is 1. The van der Waals surface area contributed by atoms with Crippen LogP contribution in [0.5, 0.6) is 0 Å². The van der Waals surface area contributed by atoms with Crippen LogP contribution in [0.4, 0.5) is 0 Å². The molecule has 3 heteroatoms. The quantitative estimate of drug-likeness (QED) is 0.346. The number of unbranched alkanes of at least 4 members (excludes halogenated alkanes) is 1. The van der Waals surface area contributed by atoms with E-state index in [0.29, 0.717) is 6.54 Å². The predicted molar refractivity (Wildman–Crippen MR) is 47.7 cm³/mol. The highest BCUT2D eigenvalue weighted by Gasteiger charge is 1.85. The Bertz CT molecular complexity index is 191. The first-order valence-corrected chi connectivity index (χ1v) is 3.81. The molecule has 0 aromatic heterocycles. The molecule has 0 heterocycles. The molecule has 0 aliphatic heterocycles. The fourth-order valence-electron chi connectivity index (χ4n) is 0.661. The number of terminal acetylenes is 1. The van der Waals surface area contributed by atoms with Crippen molar-refractivity contribution in [2.45, 2.75) is 12.8 Å². The zero-order valence-corrected chi connectivity index (χ0v) is 6.92. The molecule has 0 aromatic carbocycles. The van der Waals surface area contributed by atoms with Gasteiger partial charge in [-0.25, -0.2) is 4.79 Å². The summed E-state index contributed by atoms with van der Waals surface area (Å²) in [5.41, 5.74) is 0. The smallest absolute Gasteiger partial charge is 0.328 e. The Morgan fingerprint density at radius 2 is 2.42 bits per heavy atom. The van der Waals surface area contributed by atoms with Gasteiger partial charge in [-0.05, 0) is 13.0 Å². The number of rotatable bonds is 6. The van der Waals surface area contributed by atoms with E-state index in [2.05, 4.69) is 11.2 Å². The fourth-order valence-corrected chi connectivity index (χ4v) is 0.661. The van der Waals surface area contributed by atoms with Gasteiger partial charge in [-0.2, -0.15) is 0 Å². The molecular weight excluding hydrogens is 154 g/mol. The molecule has 0 fully saturated rings. The van der Waals surface area contributed by atoms with Crippen LogP contribution in [0.1, 0.15) is 12.8 Å². The Labute approximate surface area is 72.5 Å². The lowest BCUT2D eigenvalue weighted by Gasteiger charge is -1.96. The summed E-state index contributed by atoms with van der Waals surface area (Å²) in [7, 11) is 0. The summed E-state index contributed by atoms with van der Waals surface area (Å²) in [5, 5.41) is 11.2. The van der Waals surface area contributed by atoms with Crippen LogP contribution in [0.2, 0.25) is 0 Å². The van der Waals surface area contributed by atoms with Crippen LogP contribution in [0, 0.1) is 12.3 Å². The predicted octanol–water partition coefficient (Wildman–Crippen LogP) is 0.630. The van der Waals surface area contributed by atoms with Crippen molar-refractivity contribution in [1.82, 2.24) is 5.32 Å². The molecule has 0 aromatic rings. The molecule has 0 unspecified atom stereocenters. The summed E-state index contributed by atoms with van der Waals surface area (Å²) in [6.45, 7) is 1.41. The van der Waals surface area contributed by atoms with E-state index in [0.717, 1.165) is 25.5 Å². The Hall–Kier alpha value is -1.27. The minimum atomic E-state index is -0.916. The summed E-state index contributed by atoms with van der Waals surface area (Å²) in [6.07, 6.45) is 9.41. The number of carboxylic acids is 1. The van der Waals surface area contributed by atoms with Gasteiger partial charge in [0, 0.05) is 19.0 Å². The average molecular weight is 167 g/mol. The Balaban J connectivity index is 3.11. The standard InChI is InChI=1S/C9H13NO2/c1-2-3-4-7-10-8-5-6-9(11)12/h1,5-6,10H,3-4,7-8H2,(H,11,12)/b6-5+. The third-order valence-corrected chi connectivity index (χ3v) is 1.20. The molecule has 12 heavy (non-hydrogen) atoms. The van der Waals surface area contributed by atoms with Gasteiger partial charge in [-0.1, -0.05) is 6.08 Å². The molecule has 0 radical (unpaired) electrons. The summed E-state index contributed by atoms with van der Waals surface area (Å²) in [4.78, 5) is 9.99. The normalized spacial score (nSPS) is 9.92. The SMILES string of the molecule is C#CCCCNC/C=C/C(=O)O. The van der Waals surface area contributed by atoms with E-state index in [1.165, 1.54) is 0 Å². The van der Waals surface area contributed by atoms with Crippen molar-refractivity contribution >= 4 is 5.97 Å². The van der Waals surface area contributed by atoms with Gasteiger partial charge in [0.1, 0.15) is 0 Å². The Kier molecular flexibility index (Phi) is 7.00. The molecule has 0 saturated carbocycles. The third kappa shape index (κ3) is 8.73. The highest BCUT2D eigenvalue weighted by molar-refractivity contribution is 5.79. The maximum absolute atomic E-state index is 9.99. The van der Waals surface area contributed by atoms with Crippen molar-refractivity contribution in [3.05, 3.63) is 12.2 Å². The van der Waals surface area contributed by atoms with E-state index >= 15 is 0 Å². The zero-order valence-electron chi connectivity index (χ0n) is 6.92. The molecule has 0 spiro atoms. The van der Waals surface area contributed by atoms with Gasteiger partial charge in [0.15, 0.2) is 0 Å². The molecule has 0 amide bonds. The Morgan fingerprint density at radius 3 is 3.00 bits per heavy atom. The van der Waals surface area contributed by atoms with Crippen molar-refractivity contribution in [2.75, 3.05) is 13.1 Å². The van der Waals surface area contributed by atoms with Crippen LogP contribution in [-0.2, 0) is 4.79 Å². The van der Waals surface area contributed by atoms with Crippen molar-refractivity contribution in [2.24, 2.45) is 0 Å². The molecule has 0 atom stereocenters. The Morgan fingerprint density at radius 1 is 1.67 bits per heavy atom. The largest absolute Gasteiger partial charge is 0.478 e. The minimum absolute atomic E-state index is 0.580. The lowest BCUT2D eigenvalue weighted by atomic mass is 10.3. The summed E-state index contributed by atoms with van der Waals surface area (Å²) in [6, 6.07) is 0. The minimum Gasteiger partial charge on any atom is -0.478 e. The van der Waals surface area contributed by atoms with E-state index in [1.54, 1.807) is 6.08 Å². The third-order valence-electron chi connectivity index (χ3n) is 1.20. The number of carbonyl (C=O) groups is 1. The average Bonchev–Trinajstić information content (AvgIpc) is 2.02. The van der Waals surface area contributed by atoms with Crippen LogP contribution < -0.4 is 5.32 Å². The first kappa shape index (κ1) is 10.7. The molecule has 66 valence electrons. The van der Waals surface area contributed by atoms with Crippen LogP contribution >= 0.6 is 0 Å². The van der Waals surface area contributed by atoms with E-state index in [1.807, 2.05) is 0 Å². The lowest BCUT2D eigenvalue weighted by molar-refractivity contribution is -0.131. The molecule has 2 N–H and O–H groups in total. The second-order valence-corrected chi connectivity index (χ2v) is 2.25. The summed E-state index contributed by atoms with van der Waals surface area (Å²) < 4.78 is 0. The molecule has 3 nitrogen and oxygen atoms in total. The maximum Gasteiger partial charge on any atom is 0.328 e. The number of nitrogens with one attached hydrogen (secondary N) is 1. The van der Waals surface area contributed by atoms with Crippen LogP contribution in [-0.4, -0.2) is 24.2 Å². The fraction of sp³-hybridized carbons (Fsp3) is 0.444. The number of aliphatic carboxylic acids is 1. The lowest BCUT2D eigenvalue weighted by Crippen LogP contribution is -2.14. The van der Waals surface area contributed by atoms with Gasteiger partial charge < -0.3 is 10.4 Å². The highest BCUT2D eigenvalue weighted by atomic mass is 16.4. The van der Waals surface area contributed by atoms with Crippen molar-refractivity contribution in [3.63, 3.8) is 0 Å².